The van der Waals surface area contributed by atoms with Crippen molar-refractivity contribution in [2.24, 2.45) is 7.05 Å². The molecule has 0 saturated carbocycles. The van der Waals surface area contributed by atoms with Crippen molar-refractivity contribution in [3.63, 3.8) is 0 Å². The molecule has 3 amide bonds. The molecule has 5 heterocycles. The van der Waals surface area contributed by atoms with Crippen LogP contribution < -0.4 is 10.1 Å². The number of imide groups is 1. The fourth-order valence-corrected chi connectivity index (χ4v) is 5.24. The lowest BCUT2D eigenvalue weighted by Gasteiger charge is -2.32. The van der Waals surface area contributed by atoms with Crippen LogP contribution in [0.2, 0.25) is 0 Å². The van der Waals surface area contributed by atoms with E-state index in [1.807, 2.05) is 58.9 Å². The molecule has 184 valence electrons. The molecule has 1 atom stereocenters. The zero-order chi connectivity index (χ0) is 24.8. The van der Waals surface area contributed by atoms with Crippen molar-refractivity contribution in [3.05, 3.63) is 60.2 Å². The van der Waals surface area contributed by atoms with Gasteiger partial charge < -0.3 is 9.64 Å². The van der Waals surface area contributed by atoms with Crippen molar-refractivity contribution in [3.8, 4) is 5.75 Å². The van der Waals surface area contributed by atoms with Crippen molar-refractivity contribution in [2.75, 3.05) is 13.1 Å². The molecule has 0 aliphatic carbocycles. The number of ether oxygens (including phenoxy) is 1. The minimum Gasteiger partial charge on any atom is -0.488 e. The lowest BCUT2D eigenvalue weighted by molar-refractivity contribution is -0.134. The maximum Gasteiger partial charge on any atom is 0.272 e. The maximum atomic E-state index is 13.1. The number of rotatable bonds is 4. The molecule has 10 heteroatoms. The van der Waals surface area contributed by atoms with Gasteiger partial charge in [-0.2, -0.15) is 5.10 Å². The molecule has 4 aromatic rings. The minimum atomic E-state index is -0.462. The van der Waals surface area contributed by atoms with Crippen LogP contribution in [0.3, 0.4) is 0 Å². The predicted molar refractivity (Wildman–Crippen MR) is 131 cm³/mol. The Morgan fingerprint density at radius 3 is 2.72 bits per heavy atom. The molecule has 36 heavy (non-hydrogen) atoms. The highest BCUT2D eigenvalue weighted by atomic mass is 16.5. The van der Waals surface area contributed by atoms with Crippen LogP contribution in [-0.2, 0) is 16.6 Å². The van der Waals surface area contributed by atoms with Crippen molar-refractivity contribution >= 4 is 34.3 Å². The highest BCUT2D eigenvalue weighted by Gasteiger charge is 2.33. The number of nitrogens with zero attached hydrogens (tertiary/aromatic N) is 5. The monoisotopic (exact) mass is 486 g/mol. The summed E-state index contributed by atoms with van der Waals surface area (Å²) in [4.78, 5) is 43.3. The second-order valence-electron chi connectivity index (χ2n) is 9.35. The molecule has 0 bridgehead atoms. The van der Waals surface area contributed by atoms with E-state index in [2.05, 4.69) is 15.4 Å². The summed E-state index contributed by atoms with van der Waals surface area (Å²) in [5.41, 5.74) is 2.79. The Morgan fingerprint density at radius 1 is 1.08 bits per heavy atom. The summed E-state index contributed by atoms with van der Waals surface area (Å²) in [5, 5.41) is 7.91. The number of aryl methyl sites for hydroxylation is 1. The molecular weight excluding hydrogens is 460 g/mol. The van der Waals surface area contributed by atoms with Crippen molar-refractivity contribution in [1.82, 2.24) is 29.4 Å². The van der Waals surface area contributed by atoms with Gasteiger partial charge in [-0.1, -0.05) is 18.2 Å². The first-order valence-electron chi connectivity index (χ1n) is 12.2. The number of carbonyl (C=O) groups is 3. The van der Waals surface area contributed by atoms with Crippen LogP contribution in [0, 0.1) is 0 Å². The molecule has 2 aliphatic rings. The van der Waals surface area contributed by atoms with Crippen LogP contribution in [0.25, 0.3) is 16.6 Å². The van der Waals surface area contributed by atoms with E-state index in [-0.39, 0.29) is 23.8 Å². The quantitative estimate of drug-likeness (QED) is 0.444. The fraction of sp³-hybridized carbons (Fsp3) is 0.346. The van der Waals surface area contributed by atoms with Gasteiger partial charge in [-0.15, -0.1) is 0 Å². The molecule has 1 N–H and O–H groups in total. The van der Waals surface area contributed by atoms with Crippen molar-refractivity contribution in [1.29, 1.82) is 0 Å². The van der Waals surface area contributed by atoms with Crippen molar-refractivity contribution < 1.29 is 19.1 Å². The lowest BCUT2D eigenvalue weighted by atomic mass is 9.93. The summed E-state index contributed by atoms with van der Waals surface area (Å²) in [5.74, 6) is -0.342. The van der Waals surface area contributed by atoms with E-state index in [1.54, 1.807) is 10.9 Å². The summed E-state index contributed by atoms with van der Waals surface area (Å²) in [6.45, 7) is 1.18. The van der Waals surface area contributed by atoms with Gasteiger partial charge in [-0.05, 0) is 24.6 Å². The van der Waals surface area contributed by atoms with Gasteiger partial charge in [0.2, 0.25) is 11.8 Å². The summed E-state index contributed by atoms with van der Waals surface area (Å²) in [7, 11) is 1.84. The van der Waals surface area contributed by atoms with Crippen molar-refractivity contribution in [2.45, 2.75) is 37.7 Å². The number of hydrogen-bond donors (Lipinski definition) is 1. The Balaban J connectivity index is 1.17. The summed E-state index contributed by atoms with van der Waals surface area (Å²) in [6, 6.07) is 11.4. The molecule has 6 rings (SSSR count). The number of piperidine rings is 2. The number of amides is 3. The van der Waals surface area contributed by atoms with E-state index in [0.29, 0.717) is 55.9 Å². The number of aromatic nitrogens is 4. The number of benzene rings is 1. The Labute approximate surface area is 206 Å². The molecule has 0 spiro atoms. The van der Waals surface area contributed by atoms with Crippen LogP contribution in [0.4, 0.5) is 0 Å². The van der Waals surface area contributed by atoms with E-state index in [1.165, 1.54) is 0 Å². The highest BCUT2D eigenvalue weighted by Crippen LogP contribution is 2.35. The first kappa shape index (κ1) is 22.3. The SMILES string of the molecule is Cn1nc(C2CCC(=O)NC2=O)c2cccc(OC3CCN(C(=O)c4cnc5ccccn45)CC3)c21. The van der Waals surface area contributed by atoms with E-state index >= 15 is 0 Å². The van der Waals surface area contributed by atoms with Gasteiger partial charge in [0.15, 0.2) is 0 Å². The molecule has 1 aromatic carbocycles. The van der Waals surface area contributed by atoms with Gasteiger partial charge in [0.25, 0.3) is 5.91 Å². The zero-order valence-corrected chi connectivity index (χ0v) is 19.9. The van der Waals surface area contributed by atoms with Gasteiger partial charge in [-0.25, -0.2) is 4.98 Å². The van der Waals surface area contributed by atoms with Crippen LogP contribution in [0.5, 0.6) is 5.75 Å². The number of hydrogen-bond acceptors (Lipinski definition) is 6. The molecular formula is C26H26N6O4. The number of pyridine rings is 1. The van der Waals surface area contributed by atoms with Crippen LogP contribution >= 0.6 is 0 Å². The predicted octanol–water partition coefficient (Wildman–Crippen LogP) is 2.42. The largest absolute Gasteiger partial charge is 0.488 e. The lowest BCUT2D eigenvalue weighted by Crippen LogP contribution is -2.42. The number of nitrogens with one attached hydrogen (secondary N) is 1. The van der Waals surface area contributed by atoms with E-state index < -0.39 is 5.92 Å². The molecule has 1 unspecified atom stereocenters. The zero-order valence-electron chi connectivity index (χ0n) is 19.9. The van der Waals surface area contributed by atoms with E-state index in [0.717, 1.165) is 16.6 Å². The Bertz CT molecular complexity index is 1500. The molecule has 3 aromatic heterocycles. The Kier molecular flexibility index (Phi) is 5.43. The first-order valence-corrected chi connectivity index (χ1v) is 12.2. The fourth-order valence-electron chi connectivity index (χ4n) is 5.24. The standard InChI is InChI=1S/C26H26N6O4/c1-30-24-17(23(29-30)18-8-9-22(33)28-25(18)34)5-4-6-20(24)36-16-10-13-31(14-11-16)26(35)19-15-27-21-7-2-3-12-32(19)21/h2-7,12,15-16,18H,8-11,13-14H2,1H3,(H,28,33,34). The molecule has 2 aliphatic heterocycles. The Morgan fingerprint density at radius 2 is 1.92 bits per heavy atom. The first-order chi connectivity index (χ1) is 17.5. The molecule has 2 saturated heterocycles. The minimum absolute atomic E-state index is 0.0326. The second kappa shape index (κ2) is 8.78. The van der Waals surface area contributed by atoms with Gasteiger partial charge in [-0.3, -0.25) is 28.8 Å². The number of carbonyl (C=O) groups excluding carboxylic acids is 3. The van der Waals surface area contributed by atoms with Gasteiger partial charge in [0.1, 0.15) is 28.7 Å². The second-order valence-corrected chi connectivity index (χ2v) is 9.35. The smallest absolute Gasteiger partial charge is 0.272 e. The molecule has 2 fully saturated rings. The van der Waals surface area contributed by atoms with Gasteiger partial charge >= 0.3 is 0 Å². The topological polar surface area (TPSA) is 111 Å². The van der Waals surface area contributed by atoms with Crippen LogP contribution in [-0.4, -0.2) is 61.0 Å². The third-order valence-corrected chi connectivity index (χ3v) is 7.08. The summed E-state index contributed by atoms with van der Waals surface area (Å²) in [6.07, 6.45) is 5.59. The highest BCUT2D eigenvalue weighted by molar-refractivity contribution is 6.03. The third kappa shape index (κ3) is 3.78. The van der Waals surface area contributed by atoms with Crippen LogP contribution in [0.15, 0.2) is 48.8 Å². The average Bonchev–Trinajstić information content (AvgIpc) is 3.46. The molecule has 10 nitrogen and oxygen atoms in total. The average molecular weight is 487 g/mol. The van der Waals surface area contributed by atoms with Gasteiger partial charge in [0.05, 0.1) is 17.8 Å². The number of fused-ring (bicyclic) bond motifs is 2. The number of imidazole rings is 1. The Hall–Kier alpha value is -4.21. The van der Waals surface area contributed by atoms with Crippen LogP contribution in [0.1, 0.15) is 47.8 Å². The van der Waals surface area contributed by atoms with E-state index in [4.69, 9.17) is 4.74 Å². The summed E-state index contributed by atoms with van der Waals surface area (Å²) >= 11 is 0. The number of likely N-dealkylation sites (tertiary alicyclic amines) is 1. The van der Waals surface area contributed by atoms with Gasteiger partial charge in [0, 0.05) is 51.0 Å². The van der Waals surface area contributed by atoms with E-state index in [9.17, 15) is 14.4 Å². The number of para-hydroxylation sites is 1. The molecule has 0 radical (unpaired) electrons. The summed E-state index contributed by atoms with van der Waals surface area (Å²) < 4.78 is 9.97. The normalized spacial score (nSPS) is 19.1. The maximum absolute atomic E-state index is 13.1. The third-order valence-electron chi connectivity index (χ3n) is 7.08.